The molecule has 0 saturated carbocycles. The second-order valence-electron chi connectivity index (χ2n) is 6.05. The molecule has 2 aromatic rings. The van der Waals surface area contributed by atoms with Gasteiger partial charge in [0, 0.05) is 30.2 Å². The zero-order valence-corrected chi connectivity index (χ0v) is 12.5. The van der Waals surface area contributed by atoms with E-state index in [0.29, 0.717) is 12.6 Å². The number of hydrogen-bond donors (Lipinski definition) is 1. The van der Waals surface area contributed by atoms with Crippen molar-refractivity contribution < 1.29 is 0 Å². The van der Waals surface area contributed by atoms with E-state index in [1.165, 1.54) is 34.9 Å². The van der Waals surface area contributed by atoms with Crippen molar-refractivity contribution >= 4 is 16.5 Å². The van der Waals surface area contributed by atoms with Gasteiger partial charge in [-0.3, -0.25) is 0 Å². The second-order valence-corrected chi connectivity index (χ2v) is 6.05. The van der Waals surface area contributed by atoms with Gasteiger partial charge >= 0.3 is 0 Å². The molecule has 2 N–H and O–H groups in total. The van der Waals surface area contributed by atoms with Crippen molar-refractivity contribution in [3.05, 3.63) is 42.0 Å². The van der Waals surface area contributed by atoms with Gasteiger partial charge in [-0.15, -0.1) is 0 Å². The van der Waals surface area contributed by atoms with Crippen LogP contribution in [0, 0.1) is 5.92 Å². The molecule has 1 aliphatic heterocycles. The summed E-state index contributed by atoms with van der Waals surface area (Å²) in [5.41, 5.74) is 8.49. The van der Waals surface area contributed by atoms with Crippen LogP contribution in [0.15, 0.2) is 36.4 Å². The molecule has 2 unspecified atom stereocenters. The highest BCUT2D eigenvalue weighted by atomic mass is 15.2. The van der Waals surface area contributed by atoms with E-state index in [0.717, 1.165) is 12.5 Å². The van der Waals surface area contributed by atoms with Crippen LogP contribution < -0.4 is 10.6 Å². The smallest absolute Gasteiger partial charge is 0.0448 e. The van der Waals surface area contributed by atoms with Crippen molar-refractivity contribution in [2.45, 2.75) is 39.3 Å². The highest BCUT2D eigenvalue weighted by molar-refractivity contribution is 5.96. The number of piperidine rings is 1. The molecular weight excluding hydrogens is 244 g/mol. The van der Waals surface area contributed by atoms with Gasteiger partial charge in [-0.2, -0.15) is 0 Å². The van der Waals surface area contributed by atoms with Gasteiger partial charge < -0.3 is 10.6 Å². The first-order valence-corrected chi connectivity index (χ1v) is 7.69. The summed E-state index contributed by atoms with van der Waals surface area (Å²) in [5, 5.41) is 2.65. The summed E-state index contributed by atoms with van der Waals surface area (Å²) < 4.78 is 0. The number of fused-ring (bicyclic) bond motifs is 1. The third-order valence-corrected chi connectivity index (χ3v) is 4.89. The molecule has 2 nitrogen and oxygen atoms in total. The molecule has 3 rings (SSSR count). The average molecular weight is 268 g/mol. The molecule has 106 valence electrons. The first kappa shape index (κ1) is 13.4. The third kappa shape index (κ3) is 2.18. The molecule has 2 aromatic carbocycles. The van der Waals surface area contributed by atoms with E-state index in [1.807, 2.05) is 0 Å². The summed E-state index contributed by atoms with van der Waals surface area (Å²) >= 11 is 0. The fourth-order valence-corrected chi connectivity index (χ4v) is 3.45. The zero-order chi connectivity index (χ0) is 14.1. The highest BCUT2D eigenvalue weighted by Gasteiger charge is 2.25. The van der Waals surface area contributed by atoms with E-state index in [9.17, 15) is 0 Å². The van der Waals surface area contributed by atoms with Gasteiger partial charge in [-0.1, -0.05) is 37.3 Å². The Balaban J connectivity index is 2.12. The average Bonchev–Trinajstić information content (AvgIpc) is 2.49. The van der Waals surface area contributed by atoms with Crippen LogP contribution in [0.5, 0.6) is 0 Å². The summed E-state index contributed by atoms with van der Waals surface area (Å²) in [6.07, 6.45) is 2.63. The number of anilines is 1. The molecule has 1 fully saturated rings. The Kier molecular flexibility index (Phi) is 3.66. The molecule has 1 aliphatic rings. The van der Waals surface area contributed by atoms with E-state index in [-0.39, 0.29) is 0 Å². The predicted molar refractivity (Wildman–Crippen MR) is 87.0 cm³/mol. The van der Waals surface area contributed by atoms with Crippen LogP contribution in [-0.2, 0) is 6.54 Å². The van der Waals surface area contributed by atoms with E-state index < -0.39 is 0 Å². The molecule has 0 bridgehead atoms. The Bertz CT molecular complexity index is 605. The summed E-state index contributed by atoms with van der Waals surface area (Å²) in [6.45, 7) is 6.49. The Morgan fingerprint density at radius 1 is 1.10 bits per heavy atom. The maximum absolute atomic E-state index is 5.88. The number of nitrogens with two attached hydrogens (primary N) is 1. The third-order valence-electron chi connectivity index (χ3n) is 4.89. The van der Waals surface area contributed by atoms with Crippen molar-refractivity contribution in [2.75, 3.05) is 11.4 Å². The van der Waals surface area contributed by atoms with Crippen molar-refractivity contribution in [3.8, 4) is 0 Å². The monoisotopic (exact) mass is 268 g/mol. The van der Waals surface area contributed by atoms with Gasteiger partial charge in [0.15, 0.2) is 0 Å². The number of nitrogens with zero attached hydrogens (tertiary/aromatic N) is 1. The van der Waals surface area contributed by atoms with Crippen molar-refractivity contribution in [3.63, 3.8) is 0 Å². The van der Waals surface area contributed by atoms with Crippen LogP contribution in [-0.4, -0.2) is 12.6 Å². The van der Waals surface area contributed by atoms with E-state index in [1.54, 1.807) is 0 Å². The van der Waals surface area contributed by atoms with Gasteiger partial charge in [-0.25, -0.2) is 0 Å². The maximum Gasteiger partial charge on any atom is 0.0448 e. The number of rotatable bonds is 2. The Labute approximate surface area is 121 Å². The molecule has 0 aromatic heterocycles. The number of benzene rings is 2. The fraction of sp³-hybridized carbons (Fsp3) is 0.444. The van der Waals surface area contributed by atoms with Gasteiger partial charge in [0.25, 0.3) is 0 Å². The highest BCUT2D eigenvalue weighted by Crippen LogP contribution is 2.34. The van der Waals surface area contributed by atoms with Crippen LogP contribution in [0.1, 0.15) is 32.3 Å². The van der Waals surface area contributed by atoms with Crippen LogP contribution in [0.3, 0.4) is 0 Å². The SMILES string of the molecule is CC1CCCN(c2ccc(CN)c3ccccc23)C1C. The topological polar surface area (TPSA) is 29.3 Å². The van der Waals surface area contributed by atoms with Crippen molar-refractivity contribution in [2.24, 2.45) is 11.7 Å². The lowest BCUT2D eigenvalue weighted by atomic mass is 9.90. The standard InChI is InChI=1S/C18H24N2/c1-13-6-5-11-20(14(13)2)18-10-9-15(12-19)16-7-3-4-8-17(16)18/h3-4,7-10,13-14H,5-6,11-12,19H2,1-2H3. The Morgan fingerprint density at radius 2 is 1.85 bits per heavy atom. The Hall–Kier alpha value is -1.54. The van der Waals surface area contributed by atoms with Gasteiger partial charge in [0.05, 0.1) is 0 Å². The van der Waals surface area contributed by atoms with E-state index in [2.05, 4.69) is 55.1 Å². The van der Waals surface area contributed by atoms with Crippen molar-refractivity contribution in [1.82, 2.24) is 0 Å². The molecule has 0 spiro atoms. The molecular formula is C18H24N2. The van der Waals surface area contributed by atoms with Crippen LogP contribution in [0.2, 0.25) is 0 Å². The molecule has 2 atom stereocenters. The van der Waals surface area contributed by atoms with Gasteiger partial charge in [0.2, 0.25) is 0 Å². The van der Waals surface area contributed by atoms with Gasteiger partial charge in [-0.05, 0) is 42.7 Å². The lowest BCUT2D eigenvalue weighted by Crippen LogP contribution is -2.42. The minimum atomic E-state index is 0.604. The Morgan fingerprint density at radius 3 is 2.60 bits per heavy atom. The molecule has 0 amide bonds. The fourth-order valence-electron chi connectivity index (χ4n) is 3.45. The largest absolute Gasteiger partial charge is 0.368 e. The summed E-state index contributed by atoms with van der Waals surface area (Å²) in [6, 6.07) is 13.7. The van der Waals surface area contributed by atoms with E-state index >= 15 is 0 Å². The quantitative estimate of drug-likeness (QED) is 0.894. The molecule has 2 heteroatoms. The van der Waals surface area contributed by atoms with Crippen LogP contribution in [0.4, 0.5) is 5.69 Å². The molecule has 1 saturated heterocycles. The first-order chi connectivity index (χ1) is 9.72. The molecule has 1 heterocycles. The van der Waals surface area contributed by atoms with Crippen molar-refractivity contribution in [1.29, 1.82) is 0 Å². The molecule has 20 heavy (non-hydrogen) atoms. The van der Waals surface area contributed by atoms with E-state index in [4.69, 9.17) is 5.73 Å². The first-order valence-electron chi connectivity index (χ1n) is 7.69. The molecule has 0 radical (unpaired) electrons. The van der Waals surface area contributed by atoms with Gasteiger partial charge in [0.1, 0.15) is 0 Å². The van der Waals surface area contributed by atoms with Crippen LogP contribution >= 0.6 is 0 Å². The normalized spacial score (nSPS) is 23.2. The lowest BCUT2D eigenvalue weighted by Gasteiger charge is -2.40. The minimum Gasteiger partial charge on any atom is -0.368 e. The molecule has 0 aliphatic carbocycles. The summed E-state index contributed by atoms with van der Waals surface area (Å²) in [5.74, 6) is 0.761. The predicted octanol–water partition coefficient (Wildman–Crippen LogP) is 3.92. The van der Waals surface area contributed by atoms with Crippen LogP contribution in [0.25, 0.3) is 10.8 Å². The maximum atomic E-state index is 5.88. The zero-order valence-electron chi connectivity index (χ0n) is 12.5. The lowest BCUT2D eigenvalue weighted by molar-refractivity contribution is 0.364. The summed E-state index contributed by atoms with van der Waals surface area (Å²) in [4.78, 5) is 2.58. The number of hydrogen-bond acceptors (Lipinski definition) is 2. The second kappa shape index (κ2) is 5.45. The summed E-state index contributed by atoms with van der Waals surface area (Å²) in [7, 11) is 0. The minimum absolute atomic E-state index is 0.604.